The SMILES string of the molecule is C1CCOC1.C1CCOC1.CC(=O)N1CCCC1CO.CC(=O)N1CCCC1CO.CCC1CCCN1.CCC1CCCN1C(C)=O.CCC1CCCN1C(C)=O.CCOC(C)=O.COc1ccc(C(Cl)(c2ccccc2)c2ccc(OC)cc2)cc1.COc1ccc(C(OCC2CCCN2C(C)=O)(c2ccccc2)c2ccc(OC)cc2)cc1.OCC1CCC=[NH+]1. The number of nitrogens with zero attached hydrogens (tertiary/aromatic N) is 5. The largest absolute Gasteiger partial charge is 0.497 e. The predicted molar refractivity (Wildman–Crippen MR) is 504 cm³/mol. The van der Waals surface area contributed by atoms with Crippen molar-refractivity contribution in [1.29, 1.82) is 0 Å². The first-order valence-electron chi connectivity index (χ1n) is 46.2. The molecule has 0 aromatic heterocycles. The molecule has 0 saturated carbocycles. The van der Waals surface area contributed by atoms with E-state index in [1.54, 1.807) is 79.8 Å². The summed E-state index contributed by atoms with van der Waals surface area (Å²) in [6, 6.07) is 54.6. The van der Waals surface area contributed by atoms with Crippen LogP contribution in [0.5, 0.6) is 23.0 Å². The molecule has 0 aliphatic carbocycles. The third-order valence-corrected chi connectivity index (χ3v) is 24.6. The van der Waals surface area contributed by atoms with Crippen LogP contribution in [0.4, 0.5) is 0 Å². The van der Waals surface area contributed by atoms with Crippen molar-refractivity contribution >= 4 is 53.3 Å². The van der Waals surface area contributed by atoms with Crippen molar-refractivity contribution in [3.05, 3.63) is 191 Å². The van der Waals surface area contributed by atoms with E-state index in [0.717, 1.165) is 186 Å². The molecule has 0 spiro atoms. The highest BCUT2D eigenvalue weighted by Crippen LogP contribution is 2.45. The lowest BCUT2D eigenvalue weighted by atomic mass is 9.80. The summed E-state index contributed by atoms with van der Waals surface area (Å²) in [5, 5.41) is 29.5. The summed E-state index contributed by atoms with van der Waals surface area (Å²) in [6.07, 6.45) is 26.3. The molecule has 6 aromatic rings. The van der Waals surface area contributed by atoms with Gasteiger partial charge in [-0.2, -0.15) is 0 Å². The van der Waals surface area contributed by atoms with Crippen LogP contribution in [0.25, 0.3) is 0 Å². The molecular formula is C102H153ClN7O17+. The quantitative estimate of drug-likeness (QED) is 0.0270. The summed E-state index contributed by atoms with van der Waals surface area (Å²) in [5.41, 5.74) is 5.14. The van der Waals surface area contributed by atoms with Gasteiger partial charge in [-0.15, -0.1) is 11.6 Å². The van der Waals surface area contributed by atoms with Crippen LogP contribution in [0.2, 0.25) is 0 Å². The summed E-state index contributed by atoms with van der Waals surface area (Å²) in [4.78, 5) is 77.2. The van der Waals surface area contributed by atoms with E-state index in [9.17, 15) is 28.8 Å². The van der Waals surface area contributed by atoms with Gasteiger partial charge in [-0.1, -0.05) is 130 Å². The van der Waals surface area contributed by atoms with Crippen LogP contribution in [-0.2, 0) is 58.2 Å². The van der Waals surface area contributed by atoms with Crippen molar-refractivity contribution < 1.29 is 87.0 Å². The van der Waals surface area contributed by atoms with E-state index in [1.165, 1.54) is 84.1 Å². The van der Waals surface area contributed by atoms with Crippen molar-refractivity contribution in [1.82, 2.24) is 29.8 Å². The molecule has 8 saturated heterocycles. The van der Waals surface area contributed by atoms with Crippen LogP contribution < -0.4 is 29.3 Å². The Morgan fingerprint density at radius 2 is 0.724 bits per heavy atom. The average molecular weight is 1780 g/mol. The molecule has 15 rings (SSSR count). The van der Waals surface area contributed by atoms with Crippen molar-refractivity contribution in [3.8, 4) is 23.0 Å². The van der Waals surface area contributed by atoms with Gasteiger partial charge < -0.3 is 83.0 Å². The fraction of sp³-hybridized carbons (Fsp3) is 0.578. The first kappa shape index (κ1) is 109. The third-order valence-electron chi connectivity index (χ3n) is 24.0. The van der Waals surface area contributed by atoms with Gasteiger partial charge in [0.2, 0.25) is 29.5 Å². The zero-order chi connectivity index (χ0) is 92.8. The van der Waals surface area contributed by atoms with E-state index in [2.05, 4.69) is 48.0 Å². The van der Waals surface area contributed by atoms with E-state index in [4.69, 9.17) is 60.1 Å². The number of amides is 5. The summed E-state index contributed by atoms with van der Waals surface area (Å²) >= 11 is 7.22. The highest BCUT2D eigenvalue weighted by Gasteiger charge is 2.41. The fourth-order valence-corrected chi connectivity index (χ4v) is 17.2. The minimum atomic E-state index is -0.856. The Labute approximate surface area is 764 Å². The molecule has 8 fully saturated rings. The average Bonchev–Trinajstić information content (AvgIpc) is 1.32. The molecule has 6 aromatic carbocycles. The molecule has 7 atom stereocenters. The first-order valence-corrected chi connectivity index (χ1v) is 46.6. The number of aliphatic hydroxyl groups is 3. The van der Waals surface area contributed by atoms with Crippen molar-refractivity contribution in [2.75, 3.05) is 127 Å². The highest BCUT2D eigenvalue weighted by atomic mass is 35.5. The van der Waals surface area contributed by atoms with Crippen LogP contribution in [0, 0.1) is 0 Å². The Morgan fingerprint density at radius 3 is 0.961 bits per heavy atom. The second-order valence-corrected chi connectivity index (χ2v) is 33.2. The zero-order valence-corrected chi connectivity index (χ0v) is 79.5. The van der Waals surface area contributed by atoms with Crippen molar-refractivity contribution in [3.63, 3.8) is 0 Å². The van der Waals surface area contributed by atoms with Crippen LogP contribution >= 0.6 is 11.6 Å². The smallest absolute Gasteiger partial charge is 0.302 e. The molecule has 5 amide bonds. The van der Waals surface area contributed by atoms with E-state index >= 15 is 0 Å². The molecule has 24 nitrogen and oxygen atoms in total. The Balaban J connectivity index is 0.000000266. The minimum Gasteiger partial charge on any atom is -0.497 e. The molecule has 704 valence electrons. The molecule has 25 heteroatoms. The van der Waals surface area contributed by atoms with Gasteiger partial charge in [-0.25, -0.2) is 4.99 Å². The third kappa shape index (κ3) is 36.5. The van der Waals surface area contributed by atoms with Gasteiger partial charge in [-0.3, -0.25) is 28.8 Å². The number of carbonyl (C=O) groups is 6. The lowest BCUT2D eigenvalue weighted by Gasteiger charge is -2.38. The summed E-state index contributed by atoms with van der Waals surface area (Å²) in [5.74, 6) is 3.71. The highest BCUT2D eigenvalue weighted by molar-refractivity contribution is 6.28. The number of halogens is 1. The summed E-state index contributed by atoms with van der Waals surface area (Å²) in [6.45, 7) is 28.8. The number of esters is 1. The number of aliphatic hydroxyl groups excluding tert-OH is 3. The normalized spacial score (nSPS) is 19.8. The second kappa shape index (κ2) is 61.5. The topological polar surface area (TPSA) is 279 Å². The zero-order valence-electron chi connectivity index (χ0n) is 78.8. The summed E-state index contributed by atoms with van der Waals surface area (Å²) in [7, 11) is 6.64. The lowest BCUT2D eigenvalue weighted by Crippen LogP contribution is -2.74. The number of methoxy groups -OCH3 is 4. The van der Waals surface area contributed by atoms with Gasteiger partial charge in [0.25, 0.3) is 0 Å². The number of benzene rings is 6. The monoisotopic (exact) mass is 1780 g/mol. The fourth-order valence-electron chi connectivity index (χ4n) is 16.8. The number of hydrogen-bond donors (Lipinski definition) is 5. The molecule has 9 aliphatic rings. The van der Waals surface area contributed by atoms with Crippen LogP contribution in [-0.4, -0.2) is 251 Å². The predicted octanol–water partition coefficient (Wildman–Crippen LogP) is 14.7. The first-order chi connectivity index (χ1) is 61.4. The molecule has 7 unspecified atom stereocenters. The van der Waals surface area contributed by atoms with Crippen molar-refractivity contribution in [2.24, 2.45) is 0 Å². The van der Waals surface area contributed by atoms with E-state index in [1.807, 2.05) is 167 Å². The minimum absolute atomic E-state index is 0.0575. The number of nitrogens with one attached hydrogen (secondary N) is 2. The van der Waals surface area contributed by atoms with E-state index in [-0.39, 0.29) is 73.5 Å². The van der Waals surface area contributed by atoms with E-state index < -0.39 is 10.5 Å². The van der Waals surface area contributed by atoms with Crippen molar-refractivity contribution in [2.45, 2.75) is 257 Å². The van der Waals surface area contributed by atoms with Gasteiger partial charge in [0.1, 0.15) is 46.3 Å². The van der Waals surface area contributed by atoms with E-state index in [0.29, 0.717) is 31.3 Å². The number of hydrogen-bond acceptors (Lipinski definition) is 18. The Morgan fingerprint density at radius 1 is 0.402 bits per heavy atom. The number of rotatable bonds is 20. The Hall–Kier alpha value is -8.98. The number of likely N-dealkylation sites (tertiary alicyclic amines) is 5. The van der Waals surface area contributed by atoms with Gasteiger partial charge in [-0.05, 0) is 217 Å². The van der Waals surface area contributed by atoms with Gasteiger partial charge in [0.15, 0.2) is 6.04 Å². The van der Waals surface area contributed by atoms with Crippen LogP contribution in [0.15, 0.2) is 158 Å². The maximum absolute atomic E-state index is 12.2. The molecule has 0 bridgehead atoms. The molecule has 5 N–H and O–H groups in total. The Bertz CT molecular complexity index is 3780. The lowest BCUT2D eigenvalue weighted by molar-refractivity contribution is -0.492. The van der Waals surface area contributed by atoms with Crippen LogP contribution in [0.3, 0.4) is 0 Å². The second-order valence-electron chi connectivity index (χ2n) is 32.6. The number of carbonyl (C=O) groups excluding carboxylic acids is 6. The number of alkyl halides is 1. The maximum atomic E-state index is 12.2. The van der Waals surface area contributed by atoms with Gasteiger partial charge in [0, 0.05) is 132 Å². The molecule has 9 heterocycles. The molecule has 127 heavy (non-hydrogen) atoms. The summed E-state index contributed by atoms with van der Waals surface area (Å²) < 4.78 is 42.6. The number of ether oxygens (including phenoxy) is 8. The van der Waals surface area contributed by atoms with Gasteiger partial charge >= 0.3 is 5.97 Å². The van der Waals surface area contributed by atoms with Crippen LogP contribution in [0.1, 0.15) is 237 Å². The maximum Gasteiger partial charge on any atom is 0.302 e. The van der Waals surface area contributed by atoms with Gasteiger partial charge in [0.05, 0.1) is 73.0 Å². The molecule has 9 aliphatic heterocycles. The molecular weight excluding hydrogens is 1630 g/mol. The molecule has 0 radical (unpaired) electrons. The standard InChI is InChI=1S/C28H31NO4.C21H19ClO2.2C8H15NO.2C7H13NO2.C6H13N.C5H9NO.C4H8O2.2C4H8O/c1-21(30)29-19-7-10-25(29)20-33-28(22-8-5-4-6-9-22,23-11-15-26(31-2)16-12-23)24-13-17-27(32-3)18-14-24;1-23-19-12-8-17(9-13-19)21(22,16-6-4-3-5-7-16)18-10-14-20(24-2)15-11-18;2*1-3-8-5-4-6-9(8)7(2)10;2*1-6(10)8-4-2-3-7(8)5-9;1-2-6-4-3-5-7-6;7-4-5-2-1-3-6-5;1-3-6-4(2)5;2*1-2-4-5-3-1/h4-6,8-9,11-18,25H,7,10,19-20H2,1-3H3;3-15H,1-2H3;2*8H,3-6H2,1-2H3;2*7,9H,2-5H2,1H3;6-7H,2-5H2,1H3;3,5,7H,1-2,4H2;3H2,1-2H3;2*1-4H2/p+1. The Kier molecular flexibility index (Phi) is 52.6.